The van der Waals surface area contributed by atoms with Crippen LogP contribution in [0.1, 0.15) is 30.5 Å². The number of hydrogen-bond donors (Lipinski definition) is 1. The highest BCUT2D eigenvalue weighted by atomic mass is 35.5. The number of hydrogen-bond acceptors (Lipinski definition) is 5. The Kier molecular flexibility index (Phi) is 5.81. The maximum Gasteiger partial charge on any atom is 0.233 e. The van der Waals surface area contributed by atoms with Crippen molar-refractivity contribution in [2.24, 2.45) is 0 Å². The Morgan fingerprint density at radius 1 is 1.06 bits per heavy atom. The molecule has 2 aromatic carbocycles. The number of halogens is 1. The van der Waals surface area contributed by atoms with Gasteiger partial charge in [-0.1, -0.05) is 48.9 Å². The molecule has 0 saturated carbocycles. The van der Waals surface area contributed by atoms with Crippen LogP contribution in [0, 0.1) is 6.92 Å². The summed E-state index contributed by atoms with van der Waals surface area (Å²) in [5, 5.41) is 13.5. The highest BCUT2D eigenvalue weighted by Gasteiger charge is 2.22. The summed E-state index contributed by atoms with van der Waals surface area (Å²) in [6, 6.07) is 18.9. The first kappa shape index (κ1) is 21.8. The predicted molar refractivity (Wildman–Crippen MR) is 132 cm³/mol. The van der Waals surface area contributed by atoms with E-state index in [0.717, 1.165) is 16.9 Å². The van der Waals surface area contributed by atoms with E-state index in [-0.39, 0.29) is 11.8 Å². The molecule has 3 heterocycles. The summed E-state index contributed by atoms with van der Waals surface area (Å²) in [7, 11) is 0. The zero-order valence-corrected chi connectivity index (χ0v) is 19.4. The monoisotopic (exact) mass is 471 g/mol. The second kappa shape index (κ2) is 9.07. The lowest BCUT2D eigenvalue weighted by Gasteiger charge is -2.16. The molecule has 0 aliphatic rings. The standard InChI is InChI=1S/C25H22ClN7O/c1-3-20(17-7-5-4-6-8-17)25(34)30-22-13-16(2)31-33(22)24-21-14-29-32(23(21)27-15-28-24)19-11-9-18(26)10-12-19/h4-15,20H,3H2,1-2H3,(H,30,34). The van der Waals surface area contributed by atoms with Crippen molar-refractivity contribution in [1.29, 1.82) is 0 Å². The van der Waals surface area contributed by atoms with Gasteiger partial charge in [-0.05, 0) is 43.2 Å². The van der Waals surface area contributed by atoms with E-state index in [2.05, 4.69) is 25.5 Å². The molecule has 0 aliphatic heterocycles. The van der Waals surface area contributed by atoms with Crippen LogP contribution in [0.25, 0.3) is 22.5 Å². The van der Waals surface area contributed by atoms with Crippen LogP contribution in [-0.2, 0) is 4.79 Å². The molecule has 5 rings (SSSR count). The van der Waals surface area contributed by atoms with Gasteiger partial charge in [0.25, 0.3) is 0 Å². The second-order valence-electron chi connectivity index (χ2n) is 7.91. The van der Waals surface area contributed by atoms with Crippen LogP contribution in [0.15, 0.2) is 73.2 Å². The van der Waals surface area contributed by atoms with Crippen molar-refractivity contribution in [1.82, 2.24) is 29.5 Å². The van der Waals surface area contributed by atoms with Crippen molar-refractivity contribution >= 4 is 34.4 Å². The topological polar surface area (TPSA) is 90.5 Å². The third-order valence-corrected chi connectivity index (χ3v) is 5.88. The molecule has 1 amide bonds. The number of rotatable bonds is 6. The van der Waals surface area contributed by atoms with Gasteiger partial charge in [-0.3, -0.25) is 4.79 Å². The summed E-state index contributed by atoms with van der Waals surface area (Å²) in [4.78, 5) is 22.1. The Morgan fingerprint density at radius 3 is 2.56 bits per heavy atom. The molecule has 1 atom stereocenters. The molecule has 0 spiro atoms. The molecule has 0 aliphatic carbocycles. The van der Waals surface area contributed by atoms with E-state index in [9.17, 15) is 4.79 Å². The Morgan fingerprint density at radius 2 is 1.82 bits per heavy atom. The van der Waals surface area contributed by atoms with Gasteiger partial charge in [0.2, 0.25) is 5.91 Å². The third-order valence-electron chi connectivity index (χ3n) is 5.63. The fourth-order valence-corrected chi connectivity index (χ4v) is 4.12. The minimum Gasteiger partial charge on any atom is -0.310 e. The first-order valence-corrected chi connectivity index (χ1v) is 11.3. The summed E-state index contributed by atoms with van der Waals surface area (Å²) < 4.78 is 3.34. The summed E-state index contributed by atoms with van der Waals surface area (Å²) in [5.41, 5.74) is 3.16. The van der Waals surface area contributed by atoms with Crippen molar-refractivity contribution in [3.8, 4) is 11.5 Å². The second-order valence-corrected chi connectivity index (χ2v) is 8.35. The lowest BCUT2D eigenvalue weighted by Crippen LogP contribution is -2.22. The number of fused-ring (bicyclic) bond motifs is 1. The number of aryl methyl sites for hydroxylation is 1. The van der Waals surface area contributed by atoms with Crippen LogP contribution < -0.4 is 5.32 Å². The lowest BCUT2D eigenvalue weighted by atomic mass is 9.96. The molecule has 0 radical (unpaired) electrons. The lowest BCUT2D eigenvalue weighted by molar-refractivity contribution is -0.117. The van der Waals surface area contributed by atoms with Gasteiger partial charge in [0.05, 0.1) is 28.9 Å². The van der Waals surface area contributed by atoms with E-state index in [4.69, 9.17) is 11.6 Å². The van der Waals surface area contributed by atoms with E-state index in [1.165, 1.54) is 6.33 Å². The number of anilines is 1. The van der Waals surface area contributed by atoms with Crippen molar-refractivity contribution in [3.63, 3.8) is 0 Å². The zero-order chi connectivity index (χ0) is 23.7. The molecule has 0 saturated heterocycles. The van der Waals surface area contributed by atoms with Crippen LogP contribution in [0.3, 0.4) is 0 Å². The molecule has 170 valence electrons. The fraction of sp³-hybridized carbons (Fsp3) is 0.160. The van der Waals surface area contributed by atoms with Crippen LogP contribution in [0.5, 0.6) is 0 Å². The minimum absolute atomic E-state index is 0.1000. The molecule has 1 N–H and O–H groups in total. The van der Waals surface area contributed by atoms with Gasteiger partial charge in [-0.25, -0.2) is 14.6 Å². The molecule has 8 nitrogen and oxygen atoms in total. The first-order valence-electron chi connectivity index (χ1n) is 10.9. The van der Waals surface area contributed by atoms with Gasteiger partial charge in [0.1, 0.15) is 12.1 Å². The highest BCUT2D eigenvalue weighted by Crippen LogP contribution is 2.26. The van der Waals surface area contributed by atoms with E-state index in [1.54, 1.807) is 27.7 Å². The molecular formula is C25H22ClN7O. The van der Waals surface area contributed by atoms with Gasteiger partial charge in [-0.2, -0.15) is 14.9 Å². The Hall–Kier alpha value is -4.04. The molecule has 0 bridgehead atoms. The van der Waals surface area contributed by atoms with Crippen molar-refractivity contribution < 1.29 is 4.79 Å². The van der Waals surface area contributed by atoms with Gasteiger partial charge >= 0.3 is 0 Å². The fourth-order valence-electron chi connectivity index (χ4n) is 3.99. The van der Waals surface area contributed by atoms with Gasteiger partial charge in [0.15, 0.2) is 11.5 Å². The van der Waals surface area contributed by atoms with Crippen LogP contribution >= 0.6 is 11.6 Å². The van der Waals surface area contributed by atoms with E-state index in [0.29, 0.717) is 34.1 Å². The van der Waals surface area contributed by atoms with E-state index in [1.807, 2.05) is 62.4 Å². The molecule has 5 aromatic rings. The van der Waals surface area contributed by atoms with Crippen LogP contribution in [0.4, 0.5) is 5.82 Å². The largest absolute Gasteiger partial charge is 0.310 e. The summed E-state index contributed by atoms with van der Waals surface area (Å²) in [6.45, 7) is 3.87. The Labute approximate surface area is 201 Å². The van der Waals surface area contributed by atoms with Crippen LogP contribution in [-0.4, -0.2) is 35.4 Å². The SMILES string of the molecule is CCC(C(=O)Nc1cc(C)nn1-c1ncnc2c1cnn2-c1ccc(Cl)cc1)c1ccccc1. The summed E-state index contributed by atoms with van der Waals surface area (Å²) >= 11 is 6.03. The smallest absolute Gasteiger partial charge is 0.233 e. The minimum atomic E-state index is -0.275. The number of carbonyl (C=O) groups excluding carboxylic acids is 1. The van der Waals surface area contributed by atoms with Gasteiger partial charge < -0.3 is 5.32 Å². The number of aromatic nitrogens is 6. The third kappa shape index (κ3) is 4.04. The van der Waals surface area contributed by atoms with Crippen LogP contribution in [0.2, 0.25) is 5.02 Å². The molecule has 1 unspecified atom stereocenters. The number of nitrogens with zero attached hydrogens (tertiary/aromatic N) is 6. The van der Waals surface area contributed by atoms with Crippen molar-refractivity contribution in [3.05, 3.63) is 89.5 Å². The van der Waals surface area contributed by atoms with Gasteiger partial charge in [-0.15, -0.1) is 0 Å². The number of amides is 1. The first-order chi connectivity index (χ1) is 16.5. The molecule has 34 heavy (non-hydrogen) atoms. The van der Waals surface area contributed by atoms with Gasteiger partial charge in [0, 0.05) is 11.1 Å². The molecule has 3 aromatic heterocycles. The average Bonchev–Trinajstić information content (AvgIpc) is 3.44. The summed E-state index contributed by atoms with van der Waals surface area (Å²) in [6.07, 6.45) is 3.84. The Balaban J connectivity index is 1.53. The molecule has 9 heteroatoms. The highest BCUT2D eigenvalue weighted by molar-refractivity contribution is 6.30. The number of carbonyl (C=O) groups is 1. The van der Waals surface area contributed by atoms with E-state index >= 15 is 0 Å². The van der Waals surface area contributed by atoms with E-state index < -0.39 is 0 Å². The van der Waals surface area contributed by atoms with Crippen molar-refractivity contribution in [2.75, 3.05) is 5.32 Å². The molecular weight excluding hydrogens is 450 g/mol. The maximum atomic E-state index is 13.2. The molecule has 0 fully saturated rings. The summed E-state index contributed by atoms with van der Waals surface area (Å²) in [5.74, 6) is 0.692. The normalized spacial score (nSPS) is 12.1. The Bertz CT molecular complexity index is 1460. The number of nitrogens with one attached hydrogen (secondary N) is 1. The van der Waals surface area contributed by atoms with Crippen molar-refractivity contribution in [2.45, 2.75) is 26.2 Å². The zero-order valence-electron chi connectivity index (χ0n) is 18.7. The number of benzene rings is 2. The average molecular weight is 472 g/mol. The predicted octanol–water partition coefficient (Wildman–Crippen LogP) is 5.10. The maximum absolute atomic E-state index is 13.2. The quantitative estimate of drug-likeness (QED) is 0.372.